The molecule has 4 rings (SSSR count). The lowest BCUT2D eigenvalue weighted by Gasteiger charge is -2.11. The van der Waals surface area contributed by atoms with Gasteiger partial charge in [-0.15, -0.1) is 10.2 Å². The second-order valence-electron chi connectivity index (χ2n) is 6.74. The fourth-order valence-corrected chi connectivity index (χ4v) is 3.25. The van der Waals surface area contributed by atoms with Crippen molar-refractivity contribution >= 4 is 17.2 Å². The van der Waals surface area contributed by atoms with Crippen molar-refractivity contribution in [3.8, 4) is 17.2 Å². The number of hydrogen-bond acceptors (Lipinski definition) is 6. The summed E-state index contributed by atoms with van der Waals surface area (Å²) in [5.74, 6) is 1.48. The number of ether oxygens (including phenoxy) is 2. The van der Waals surface area contributed by atoms with Crippen LogP contribution in [0.25, 0.3) is 11.3 Å². The van der Waals surface area contributed by atoms with Gasteiger partial charge in [-0.2, -0.15) is 0 Å². The van der Waals surface area contributed by atoms with Crippen LogP contribution in [0.4, 0.5) is 5.69 Å². The molecule has 1 N–H and O–H groups in total. The Morgan fingerprint density at radius 3 is 2.52 bits per heavy atom. The molecule has 0 aliphatic carbocycles. The number of carbonyl (C=O) groups is 1. The fraction of sp³-hybridized carbons (Fsp3) is 0.182. The normalized spacial score (nSPS) is 10.8. The van der Waals surface area contributed by atoms with E-state index < -0.39 is 0 Å². The topological polar surface area (TPSA) is 99.8 Å². The number of hydrogen-bond donors (Lipinski definition) is 1. The zero-order valence-electron chi connectivity index (χ0n) is 17.1. The lowest BCUT2D eigenvalue weighted by molar-refractivity contribution is -0.116. The Hall–Kier alpha value is -4.14. The second kappa shape index (κ2) is 8.70. The predicted molar refractivity (Wildman–Crippen MR) is 115 cm³/mol. The van der Waals surface area contributed by atoms with Gasteiger partial charge in [0.15, 0.2) is 11.5 Å². The van der Waals surface area contributed by atoms with Gasteiger partial charge >= 0.3 is 5.56 Å². The fourth-order valence-electron chi connectivity index (χ4n) is 3.25. The first-order chi connectivity index (χ1) is 15.1. The van der Waals surface area contributed by atoms with E-state index in [4.69, 9.17) is 9.47 Å². The molecule has 0 fully saturated rings. The number of aromatic nitrogens is 4. The average molecular weight is 419 g/mol. The quantitative estimate of drug-likeness (QED) is 0.494. The highest BCUT2D eigenvalue weighted by Crippen LogP contribution is 2.28. The maximum atomic E-state index is 13.0. The Labute approximate surface area is 177 Å². The zero-order valence-corrected chi connectivity index (χ0v) is 17.1. The minimum Gasteiger partial charge on any atom is -0.493 e. The molecule has 2 aromatic carbocycles. The van der Waals surface area contributed by atoms with E-state index in [0.717, 1.165) is 5.69 Å². The number of carbonyl (C=O) groups excluding carboxylic acids is 1. The minimum atomic E-state index is -0.331. The Bertz CT molecular complexity index is 1280. The molecule has 9 nitrogen and oxygen atoms in total. The molecule has 1 amide bonds. The molecular weight excluding hydrogens is 398 g/mol. The monoisotopic (exact) mass is 419 g/mol. The maximum Gasteiger partial charge on any atom is 0.300 e. The van der Waals surface area contributed by atoms with Crippen LogP contribution in [0.5, 0.6) is 11.5 Å². The van der Waals surface area contributed by atoms with Crippen LogP contribution in [-0.2, 0) is 11.2 Å². The van der Waals surface area contributed by atoms with E-state index in [9.17, 15) is 9.59 Å². The van der Waals surface area contributed by atoms with Gasteiger partial charge in [0.05, 0.1) is 19.9 Å². The lowest BCUT2D eigenvalue weighted by Crippen LogP contribution is -2.20. The van der Waals surface area contributed by atoms with Crippen molar-refractivity contribution in [1.82, 2.24) is 19.2 Å². The third kappa shape index (κ3) is 4.11. The molecule has 0 atom stereocenters. The van der Waals surface area contributed by atoms with Crippen LogP contribution in [0.1, 0.15) is 12.2 Å². The highest BCUT2D eigenvalue weighted by atomic mass is 16.5. The summed E-state index contributed by atoms with van der Waals surface area (Å²) in [4.78, 5) is 25.2. The van der Waals surface area contributed by atoms with Crippen molar-refractivity contribution in [2.45, 2.75) is 12.8 Å². The molecule has 0 saturated carbocycles. The molecule has 9 heteroatoms. The summed E-state index contributed by atoms with van der Waals surface area (Å²) in [6, 6.07) is 14.4. The standard InChI is InChI=1S/C22H21N5O4/c1-30-17-9-8-16(14-18(17)31-2)26-12-13-27-19(24-25-21(27)22(26)29)10-11-20(28)23-15-6-4-3-5-7-15/h3-9,12-14H,10-11H2,1-2H3,(H,23,28). The van der Waals surface area contributed by atoms with Gasteiger partial charge in [0.2, 0.25) is 11.6 Å². The molecule has 0 saturated heterocycles. The molecule has 0 aliphatic rings. The molecular formula is C22H21N5O4. The zero-order chi connectivity index (χ0) is 21.8. The van der Waals surface area contributed by atoms with Gasteiger partial charge in [-0.3, -0.25) is 18.6 Å². The lowest BCUT2D eigenvalue weighted by atomic mass is 10.2. The number of para-hydroxylation sites is 1. The first-order valence-corrected chi connectivity index (χ1v) is 9.63. The largest absolute Gasteiger partial charge is 0.493 e. The molecule has 0 unspecified atom stereocenters. The van der Waals surface area contributed by atoms with E-state index in [1.165, 1.54) is 11.7 Å². The summed E-state index contributed by atoms with van der Waals surface area (Å²) in [5, 5.41) is 11.0. The Balaban J connectivity index is 1.55. The summed E-state index contributed by atoms with van der Waals surface area (Å²) in [7, 11) is 3.08. The Morgan fingerprint density at radius 1 is 1.00 bits per heavy atom. The summed E-state index contributed by atoms with van der Waals surface area (Å²) in [6.07, 6.45) is 3.90. The summed E-state index contributed by atoms with van der Waals surface area (Å²) in [6.45, 7) is 0. The summed E-state index contributed by atoms with van der Waals surface area (Å²) < 4.78 is 13.6. The highest BCUT2D eigenvalue weighted by molar-refractivity contribution is 5.90. The van der Waals surface area contributed by atoms with Gasteiger partial charge < -0.3 is 14.8 Å². The molecule has 31 heavy (non-hydrogen) atoms. The number of methoxy groups -OCH3 is 2. The van der Waals surface area contributed by atoms with Gasteiger partial charge in [-0.1, -0.05) is 18.2 Å². The third-order valence-electron chi connectivity index (χ3n) is 4.82. The van der Waals surface area contributed by atoms with E-state index in [0.29, 0.717) is 29.4 Å². The average Bonchev–Trinajstić information content (AvgIpc) is 3.22. The van der Waals surface area contributed by atoms with E-state index in [1.807, 2.05) is 30.3 Å². The number of benzene rings is 2. The van der Waals surface area contributed by atoms with Crippen LogP contribution < -0.4 is 20.3 Å². The molecule has 2 heterocycles. The van der Waals surface area contributed by atoms with Crippen molar-refractivity contribution in [1.29, 1.82) is 0 Å². The number of amides is 1. The minimum absolute atomic E-state index is 0.137. The SMILES string of the molecule is COc1ccc(-n2ccn3c(CCC(=O)Nc4ccccc4)nnc3c2=O)cc1OC. The predicted octanol–water partition coefficient (Wildman–Crippen LogP) is 2.47. The van der Waals surface area contributed by atoms with Gasteiger partial charge in [0, 0.05) is 37.0 Å². The van der Waals surface area contributed by atoms with Crippen molar-refractivity contribution in [2.24, 2.45) is 0 Å². The molecule has 0 bridgehead atoms. The number of aryl methyl sites for hydroxylation is 1. The molecule has 4 aromatic rings. The number of fused-ring (bicyclic) bond motifs is 1. The van der Waals surface area contributed by atoms with E-state index in [1.54, 1.807) is 42.1 Å². The van der Waals surface area contributed by atoms with Gasteiger partial charge in [-0.25, -0.2) is 0 Å². The maximum absolute atomic E-state index is 13.0. The summed E-state index contributed by atoms with van der Waals surface area (Å²) in [5.41, 5.74) is 1.19. The van der Waals surface area contributed by atoms with Crippen molar-refractivity contribution in [3.05, 3.63) is 77.1 Å². The van der Waals surface area contributed by atoms with Crippen molar-refractivity contribution in [3.63, 3.8) is 0 Å². The number of nitrogens with zero attached hydrogens (tertiary/aromatic N) is 4. The van der Waals surface area contributed by atoms with E-state index in [2.05, 4.69) is 15.5 Å². The molecule has 0 aliphatic heterocycles. The molecule has 2 aromatic heterocycles. The molecule has 0 spiro atoms. The van der Waals surface area contributed by atoms with Gasteiger partial charge in [0.1, 0.15) is 5.82 Å². The van der Waals surface area contributed by atoms with Crippen molar-refractivity contribution in [2.75, 3.05) is 19.5 Å². The van der Waals surface area contributed by atoms with Crippen LogP contribution in [-0.4, -0.2) is 39.3 Å². The van der Waals surface area contributed by atoms with Crippen LogP contribution in [0, 0.1) is 0 Å². The first kappa shape index (κ1) is 20.1. The van der Waals surface area contributed by atoms with E-state index >= 15 is 0 Å². The smallest absolute Gasteiger partial charge is 0.300 e. The van der Waals surface area contributed by atoms with Crippen LogP contribution >= 0.6 is 0 Å². The number of nitrogens with one attached hydrogen (secondary N) is 1. The van der Waals surface area contributed by atoms with Crippen molar-refractivity contribution < 1.29 is 14.3 Å². The molecule has 158 valence electrons. The Kier molecular flexibility index (Phi) is 5.65. The van der Waals surface area contributed by atoms with E-state index in [-0.39, 0.29) is 23.5 Å². The third-order valence-corrected chi connectivity index (χ3v) is 4.82. The first-order valence-electron chi connectivity index (χ1n) is 9.63. The Morgan fingerprint density at radius 2 is 1.77 bits per heavy atom. The second-order valence-corrected chi connectivity index (χ2v) is 6.74. The van der Waals surface area contributed by atoms with Crippen LogP contribution in [0.15, 0.2) is 65.7 Å². The van der Waals surface area contributed by atoms with Gasteiger partial charge in [0.25, 0.3) is 0 Å². The summed E-state index contributed by atoms with van der Waals surface area (Å²) >= 11 is 0. The van der Waals surface area contributed by atoms with Crippen LogP contribution in [0.2, 0.25) is 0 Å². The molecule has 0 radical (unpaired) electrons. The number of rotatable bonds is 7. The number of anilines is 1. The van der Waals surface area contributed by atoms with Gasteiger partial charge in [-0.05, 0) is 24.3 Å². The highest BCUT2D eigenvalue weighted by Gasteiger charge is 2.14. The van der Waals surface area contributed by atoms with Crippen LogP contribution in [0.3, 0.4) is 0 Å².